The highest BCUT2D eigenvalue weighted by molar-refractivity contribution is 5.87. The van der Waals surface area contributed by atoms with Gasteiger partial charge < -0.3 is 14.3 Å². The zero-order valence-electron chi connectivity index (χ0n) is 16.1. The third kappa shape index (κ3) is 2.84. The molecule has 7 heteroatoms. The van der Waals surface area contributed by atoms with Crippen molar-refractivity contribution in [1.29, 1.82) is 0 Å². The van der Waals surface area contributed by atoms with E-state index < -0.39 is 11.6 Å². The van der Waals surface area contributed by atoms with Crippen molar-refractivity contribution in [2.75, 3.05) is 13.1 Å². The van der Waals surface area contributed by atoms with E-state index in [1.807, 2.05) is 0 Å². The molecular formula is C22H20F2N4O. The number of imidazole rings is 1. The molecule has 148 valence electrons. The Morgan fingerprint density at radius 3 is 2.66 bits per heavy atom. The minimum absolute atomic E-state index is 0.00644. The van der Waals surface area contributed by atoms with Gasteiger partial charge in [0.2, 0.25) is 0 Å². The van der Waals surface area contributed by atoms with Crippen molar-refractivity contribution in [2.45, 2.75) is 19.9 Å². The molecule has 1 N–H and O–H groups in total. The molecule has 2 atom stereocenters. The van der Waals surface area contributed by atoms with Crippen LogP contribution < -0.4 is 10.9 Å². The van der Waals surface area contributed by atoms with E-state index in [0.717, 1.165) is 6.54 Å². The van der Waals surface area contributed by atoms with Crippen molar-refractivity contribution in [3.8, 4) is 11.1 Å². The lowest BCUT2D eigenvalue weighted by molar-refractivity contribution is 0.428. The van der Waals surface area contributed by atoms with Gasteiger partial charge in [-0.3, -0.25) is 4.79 Å². The van der Waals surface area contributed by atoms with Crippen molar-refractivity contribution in [1.82, 2.24) is 19.3 Å². The van der Waals surface area contributed by atoms with Gasteiger partial charge in [-0.2, -0.15) is 0 Å². The second kappa shape index (κ2) is 6.49. The van der Waals surface area contributed by atoms with Gasteiger partial charge in [-0.15, -0.1) is 0 Å². The summed E-state index contributed by atoms with van der Waals surface area (Å²) in [5.41, 5.74) is 1.62. The van der Waals surface area contributed by atoms with E-state index in [1.54, 1.807) is 46.6 Å². The fraction of sp³-hybridized carbons (Fsp3) is 0.273. The number of rotatable bonds is 2. The van der Waals surface area contributed by atoms with Gasteiger partial charge in [0.15, 0.2) is 11.5 Å². The van der Waals surface area contributed by atoms with Crippen molar-refractivity contribution in [2.24, 2.45) is 5.92 Å². The first kappa shape index (κ1) is 18.0. The van der Waals surface area contributed by atoms with E-state index in [4.69, 9.17) is 0 Å². The molecule has 0 aliphatic carbocycles. The molecule has 0 unspecified atom stereocenters. The van der Waals surface area contributed by atoms with E-state index in [2.05, 4.69) is 17.2 Å². The number of nitrogens with zero attached hydrogens (tertiary/aromatic N) is 3. The van der Waals surface area contributed by atoms with Crippen LogP contribution in [0.5, 0.6) is 0 Å². The Labute approximate surface area is 165 Å². The molecule has 5 nitrogen and oxygen atoms in total. The highest BCUT2D eigenvalue weighted by Crippen LogP contribution is 2.28. The summed E-state index contributed by atoms with van der Waals surface area (Å²) in [5.74, 6) is -0.784. The number of aryl methyl sites for hydroxylation is 1. The second-order valence-corrected chi connectivity index (χ2v) is 7.84. The van der Waals surface area contributed by atoms with E-state index >= 15 is 4.39 Å². The summed E-state index contributed by atoms with van der Waals surface area (Å²) in [6.45, 7) is 5.38. The summed E-state index contributed by atoms with van der Waals surface area (Å²) >= 11 is 0. The van der Waals surface area contributed by atoms with Gasteiger partial charge in [0, 0.05) is 30.7 Å². The predicted octanol–water partition coefficient (Wildman–Crippen LogP) is 3.68. The first-order valence-electron chi connectivity index (χ1n) is 9.63. The summed E-state index contributed by atoms with van der Waals surface area (Å²) in [4.78, 5) is 17.1. The SMILES string of the molecule is Cc1cn2cc(-c3cc(F)c4c(=O)n([C@H]5CNC[C@H]5C)ccc4c3)cc(F)c2n1. The first-order valence-corrected chi connectivity index (χ1v) is 9.63. The Balaban J connectivity index is 1.67. The van der Waals surface area contributed by atoms with Gasteiger partial charge in [-0.05, 0) is 54.6 Å². The van der Waals surface area contributed by atoms with Gasteiger partial charge in [0.1, 0.15) is 5.82 Å². The molecule has 1 saturated heterocycles. The highest BCUT2D eigenvalue weighted by atomic mass is 19.1. The minimum Gasteiger partial charge on any atom is -0.314 e. The molecule has 4 aromatic rings. The lowest BCUT2D eigenvalue weighted by Gasteiger charge is -2.18. The standard InChI is InChI=1S/C22H20F2N4O/c1-12-8-25-9-19(12)28-4-3-14-5-15(6-17(23)20(14)22(28)29)16-7-18(24)21-26-13(2)10-27(21)11-16/h3-7,10-12,19,25H,8-9H2,1-2H3/t12-,19+/m1/s1. The zero-order chi connectivity index (χ0) is 20.3. The summed E-state index contributed by atoms with van der Waals surface area (Å²) in [5, 5.41) is 3.83. The van der Waals surface area contributed by atoms with Gasteiger partial charge >= 0.3 is 0 Å². The average Bonchev–Trinajstić information content (AvgIpc) is 3.26. The molecular weight excluding hydrogens is 374 g/mol. The maximum atomic E-state index is 15.0. The molecule has 1 aliphatic heterocycles. The summed E-state index contributed by atoms with van der Waals surface area (Å²) < 4.78 is 32.7. The van der Waals surface area contributed by atoms with Crippen LogP contribution in [0.1, 0.15) is 18.7 Å². The van der Waals surface area contributed by atoms with Crippen LogP contribution in [0.15, 0.2) is 47.7 Å². The van der Waals surface area contributed by atoms with Crippen molar-refractivity contribution < 1.29 is 8.78 Å². The molecule has 0 amide bonds. The fourth-order valence-corrected chi connectivity index (χ4v) is 4.28. The summed E-state index contributed by atoms with van der Waals surface area (Å²) in [6.07, 6.45) is 5.16. The van der Waals surface area contributed by atoms with Gasteiger partial charge in [0.25, 0.3) is 5.56 Å². The molecule has 0 bridgehead atoms. The normalized spacial score (nSPS) is 19.4. The van der Waals surface area contributed by atoms with Crippen LogP contribution in [0.2, 0.25) is 0 Å². The lowest BCUT2D eigenvalue weighted by Crippen LogP contribution is -2.28. The molecule has 1 aromatic carbocycles. The van der Waals surface area contributed by atoms with Crippen molar-refractivity contribution in [3.63, 3.8) is 0 Å². The maximum absolute atomic E-state index is 15.0. The topological polar surface area (TPSA) is 51.3 Å². The first-order chi connectivity index (χ1) is 13.9. The van der Waals surface area contributed by atoms with E-state index in [9.17, 15) is 9.18 Å². The number of benzene rings is 1. The smallest absolute Gasteiger partial charge is 0.261 e. The number of fused-ring (bicyclic) bond motifs is 2. The average molecular weight is 394 g/mol. The Kier molecular flexibility index (Phi) is 4.03. The molecule has 5 rings (SSSR count). The van der Waals surface area contributed by atoms with Crippen LogP contribution in [0.25, 0.3) is 27.5 Å². The fourth-order valence-electron chi connectivity index (χ4n) is 4.28. The number of halogens is 2. The van der Waals surface area contributed by atoms with Crippen LogP contribution in [0, 0.1) is 24.5 Å². The Hall–Kier alpha value is -3.06. The minimum atomic E-state index is -0.599. The summed E-state index contributed by atoms with van der Waals surface area (Å²) in [6, 6.07) is 6.13. The molecule has 29 heavy (non-hydrogen) atoms. The molecule has 3 aromatic heterocycles. The Bertz CT molecular complexity index is 1320. The molecule has 4 heterocycles. The largest absolute Gasteiger partial charge is 0.314 e. The number of hydrogen-bond donors (Lipinski definition) is 1. The summed E-state index contributed by atoms with van der Waals surface area (Å²) in [7, 11) is 0. The third-order valence-corrected chi connectivity index (χ3v) is 5.78. The lowest BCUT2D eigenvalue weighted by atomic mass is 10.0. The monoisotopic (exact) mass is 394 g/mol. The Morgan fingerprint density at radius 1 is 1.10 bits per heavy atom. The van der Waals surface area contributed by atoms with E-state index in [0.29, 0.717) is 34.7 Å². The van der Waals surface area contributed by atoms with Crippen molar-refractivity contribution in [3.05, 3.63) is 70.5 Å². The van der Waals surface area contributed by atoms with Crippen LogP contribution in [0.4, 0.5) is 8.78 Å². The molecule has 0 saturated carbocycles. The molecule has 0 radical (unpaired) electrons. The molecule has 0 spiro atoms. The van der Waals surface area contributed by atoms with E-state index in [1.165, 1.54) is 12.1 Å². The van der Waals surface area contributed by atoms with Crippen LogP contribution in [-0.4, -0.2) is 27.0 Å². The maximum Gasteiger partial charge on any atom is 0.261 e. The van der Waals surface area contributed by atoms with Gasteiger partial charge in [-0.25, -0.2) is 13.8 Å². The number of hydrogen-bond acceptors (Lipinski definition) is 3. The van der Waals surface area contributed by atoms with E-state index in [-0.39, 0.29) is 22.6 Å². The molecule has 1 fully saturated rings. The third-order valence-electron chi connectivity index (χ3n) is 5.78. The number of nitrogens with one attached hydrogen (secondary N) is 1. The quantitative estimate of drug-likeness (QED) is 0.564. The van der Waals surface area contributed by atoms with Gasteiger partial charge in [-0.1, -0.05) is 6.92 Å². The van der Waals surface area contributed by atoms with Gasteiger partial charge in [0.05, 0.1) is 17.1 Å². The van der Waals surface area contributed by atoms with Crippen LogP contribution >= 0.6 is 0 Å². The number of pyridine rings is 2. The van der Waals surface area contributed by atoms with Crippen LogP contribution in [-0.2, 0) is 0 Å². The number of aromatic nitrogens is 3. The van der Waals surface area contributed by atoms with Crippen LogP contribution in [0.3, 0.4) is 0 Å². The second-order valence-electron chi connectivity index (χ2n) is 7.84. The van der Waals surface area contributed by atoms with Crippen molar-refractivity contribution >= 4 is 16.4 Å². The highest BCUT2D eigenvalue weighted by Gasteiger charge is 2.26. The zero-order valence-corrected chi connectivity index (χ0v) is 16.1. The Morgan fingerprint density at radius 2 is 1.90 bits per heavy atom. The predicted molar refractivity (Wildman–Crippen MR) is 108 cm³/mol. The molecule has 1 aliphatic rings.